The van der Waals surface area contributed by atoms with Gasteiger partial charge in [-0.1, -0.05) is 13.8 Å². The summed E-state index contributed by atoms with van der Waals surface area (Å²) in [7, 11) is 0. The maximum absolute atomic E-state index is 12.2. The Morgan fingerprint density at radius 2 is 2.00 bits per heavy atom. The van der Waals surface area contributed by atoms with Crippen LogP contribution in [0, 0.1) is 18.3 Å². The van der Waals surface area contributed by atoms with Crippen LogP contribution in [0.5, 0.6) is 0 Å². The molecule has 1 aliphatic carbocycles. The minimum atomic E-state index is -0.963. The van der Waals surface area contributed by atoms with E-state index in [-0.39, 0.29) is 16.8 Å². The standard InChI is InChI=1S/C17H26N2O3S/c1-10-14(16(21)22)23-15(19-10)11(2)18-13(20)9-12-5-7-17(3,4)8-6-12/h11-12H,5-9H2,1-4H3,(H,18,20)(H,21,22). The molecule has 1 atom stereocenters. The van der Waals surface area contributed by atoms with E-state index in [1.54, 1.807) is 6.92 Å². The van der Waals surface area contributed by atoms with Crippen molar-refractivity contribution in [3.05, 3.63) is 15.6 Å². The molecule has 2 rings (SSSR count). The summed E-state index contributed by atoms with van der Waals surface area (Å²) >= 11 is 1.14. The quantitative estimate of drug-likeness (QED) is 0.852. The zero-order valence-corrected chi connectivity index (χ0v) is 15.1. The number of aryl methyl sites for hydroxylation is 1. The second-order valence-corrected chi connectivity index (χ2v) is 8.40. The van der Waals surface area contributed by atoms with E-state index in [4.69, 9.17) is 5.11 Å². The molecule has 1 aliphatic rings. The minimum absolute atomic E-state index is 0.0342. The number of carbonyl (C=O) groups excluding carboxylic acids is 1. The molecule has 1 amide bonds. The SMILES string of the molecule is Cc1nc(C(C)NC(=O)CC2CCC(C)(C)CC2)sc1C(=O)O. The Kier molecular flexibility index (Phi) is 5.45. The van der Waals surface area contributed by atoms with Crippen LogP contribution in [0.15, 0.2) is 0 Å². The number of hydrogen-bond acceptors (Lipinski definition) is 4. The first-order valence-electron chi connectivity index (χ1n) is 8.18. The van der Waals surface area contributed by atoms with Gasteiger partial charge < -0.3 is 10.4 Å². The molecule has 0 aromatic carbocycles. The Balaban J connectivity index is 1.88. The second kappa shape index (κ2) is 6.99. The van der Waals surface area contributed by atoms with Gasteiger partial charge in [-0.2, -0.15) is 0 Å². The van der Waals surface area contributed by atoms with Crippen LogP contribution in [0.2, 0.25) is 0 Å². The molecule has 1 fully saturated rings. The summed E-state index contributed by atoms with van der Waals surface area (Å²) in [6.45, 7) is 8.11. The van der Waals surface area contributed by atoms with Gasteiger partial charge in [0, 0.05) is 6.42 Å². The van der Waals surface area contributed by atoms with Crippen molar-refractivity contribution < 1.29 is 14.7 Å². The van der Waals surface area contributed by atoms with Crippen molar-refractivity contribution in [2.24, 2.45) is 11.3 Å². The summed E-state index contributed by atoms with van der Waals surface area (Å²) in [6.07, 6.45) is 5.11. The van der Waals surface area contributed by atoms with E-state index in [2.05, 4.69) is 24.1 Å². The van der Waals surface area contributed by atoms with E-state index < -0.39 is 5.97 Å². The van der Waals surface area contributed by atoms with Gasteiger partial charge in [-0.15, -0.1) is 11.3 Å². The number of hydrogen-bond donors (Lipinski definition) is 2. The summed E-state index contributed by atoms with van der Waals surface area (Å²) in [5.41, 5.74) is 0.916. The predicted octanol–water partition coefficient (Wildman–Crippen LogP) is 3.93. The van der Waals surface area contributed by atoms with Crippen molar-refractivity contribution in [3.8, 4) is 0 Å². The van der Waals surface area contributed by atoms with Gasteiger partial charge in [-0.05, 0) is 50.9 Å². The molecule has 0 spiro atoms. The Morgan fingerprint density at radius 3 is 2.52 bits per heavy atom. The normalized spacial score (nSPS) is 19.3. The molecule has 0 saturated heterocycles. The fraction of sp³-hybridized carbons (Fsp3) is 0.706. The lowest BCUT2D eigenvalue weighted by Gasteiger charge is -2.34. The van der Waals surface area contributed by atoms with Crippen LogP contribution < -0.4 is 5.32 Å². The van der Waals surface area contributed by atoms with Crippen LogP contribution in [0.4, 0.5) is 0 Å². The minimum Gasteiger partial charge on any atom is -0.477 e. The number of carboxylic acid groups (broad SMARTS) is 1. The Labute approximate surface area is 141 Å². The van der Waals surface area contributed by atoms with E-state index in [0.717, 1.165) is 24.2 Å². The molecule has 1 unspecified atom stereocenters. The van der Waals surface area contributed by atoms with E-state index in [0.29, 0.717) is 28.5 Å². The number of aromatic carboxylic acids is 1. The average molecular weight is 338 g/mol. The van der Waals surface area contributed by atoms with Crippen molar-refractivity contribution >= 4 is 23.2 Å². The fourth-order valence-electron chi connectivity index (χ4n) is 3.09. The molecule has 1 aromatic heterocycles. The van der Waals surface area contributed by atoms with Gasteiger partial charge >= 0.3 is 5.97 Å². The molecule has 2 N–H and O–H groups in total. The molecule has 0 bridgehead atoms. The molecule has 0 radical (unpaired) electrons. The molecule has 1 aromatic rings. The highest BCUT2D eigenvalue weighted by atomic mass is 32.1. The average Bonchev–Trinajstić information content (AvgIpc) is 2.83. The number of thiazole rings is 1. The number of nitrogens with zero attached hydrogens (tertiary/aromatic N) is 1. The molecule has 5 nitrogen and oxygen atoms in total. The van der Waals surface area contributed by atoms with Crippen molar-refractivity contribution in [2.75, 3.05) is 0 Å². The first kappa shape index (κ1) is 17.9. The zero-order valence-electron chi connectivity index (χ0n) is 14.3. The summed E-state index contributed by atoms with van der Waals surface area (Å²) in [5, 5.41) is 12.7. The van der Waals surface area contributed by atoms with E-state index >= 15 is 0 Å². The number of rotatable bonds is 5. The van der Waals surface area contributed by atoms with Crippen molar-refractivity contribution in [1.29, 1.82) is 0 Å². The smallest absolute Gasteiger partial charge is 0.347 e. The lowest BCUT2D eigenvalue weighted by atomic mass is 9.72. The van der Waals surface area contributed by atoms with Gasteiger partial charge in [0.25, 0.3) is 0 Å². The number of aromatic nitrogens is 1. The zero-order chi connectivity index (χ0) is 17.2. The van der Waals surface area contributed by atoms with E-state index in [1.165, 1.54) is 12.8 Å². The van der Waals surface area contributed by atoms with Gasteiger partial charge in [0.15, 0.2) is 0 Å². The second-order valence-electron chi connectivity index (χ2n) is 7.37. The number of amides is 1. The third-order valence-electron chi connectivity index (χ3n) is 4.69. The lowest BCUT2D eigenvalue weighted by molar-refractivity contribution is -0.123. The molecule has 23 heavy (non-hydrogen) atoms. The summed E-state index contributed by atoms with van der Waals surface area (Å²) in [5.74, 6) is -0.468. The van der Waals surface area contributed by atoms with E-state index in [9.17, 15) is 9.59 Å². The van der Waals surface area contributed by atoms with Crippen LogP contribution in [0.1, 0.15) is 79.3 Å². The number of carbonyl (C=O) groups is 2. The predicted molar refractivity (Wildman–Crippen MR) is 90.7 cm³/mol. The molecule has 1 heterocycles. The number of carboxylic acids is 1. The van der Waals surface area contributed by atoms with Gasteiger partial charge in [0.05, 0.1) is 11.7 Å². The van der Waals surface area contributed by atoms with Crippen molar-refractivity contribution in [1.82, 2.24) is 10.3 Å². The van der Waals surface area contributed by atoms with Crippen molar-refractivity contribution in [2.45, 2.75) is 65.8 Å². The first-order valence-corrected chi connectivity index (χ1v) is 8.99. The van der Waals surface area contributed by atoms with Crippen LogP contribution >= 0.6 is 11.3 Å². The molecule has 1 saturated carbocycles. The van der Waals surface area contributed by atoms with Gasteiger partial charge in [-0.25, -0.2) is 9.78 Å². The maximum Gasteiger partial charge on any atom is 0.347 e. The first-order chi connectivity index (χ1) is 10.7. The van der Waals surface area contributed by atoms with Crippen molar-refractivity contribution in [3.63, 3.8) is 0 Å². The molecule has 6 heteroatoms. The number of nitrogens with one attached hydrogen (secondary N) is 1. The summed E-state index contributed by atoms with van der Waals surface area (Å²) < 4.78 is 0. The highest BCUT2D eigenvalue weighted by molar-refractivity contribution is 7.13. The third kappa shape index (κ3) is 4.77. The fourth-order valence-corrected chi connectivity index (χ4v) is 4.00. The Bertz CT molecular complexity index is 585. The van der Waals surface area contributed by atoms with Crippen LogP contribution in [0.3, 0.4) is 0 Å². The molecule has 0 aliphatic heterocycles. The topological polar surface area (TPSA) is 79.3 Å². The maximum atomic E-state index is 12.2. The summed E-state index contributed by atoms with van der Waals surface area (Å²) in [6, 6.07) is -0.251. The lowest BCUT2D eigenvalue weighted by Crippen LogP contribution is -2.30. The third-order valence-corrected chi connectivity index (χ3v) is 6.02. The summed E-state index contributed by atoms with van der Waals surface area (Å²) in [4.78, 5) is 27.8. The molecular formula is C17H26N2O3S. The van der Waals surface area contributed by atoms with Gasteiger partial charge in [0.1, 0.15) is 9.88 Å². The highest BCUT2D eigenvalue weighted by Gasteiger charge is 2.28. The largest absolute Gasteiger partial charge is 0.477 e. The highest BCUT2D eigenvalue weighted by Crippen LogP contribution is 2.39. The van der Waals surface area contributed by atoms with Crippen LogP contribution in [-0.4, -0.2) is 22.0 Å². The van der Waals surface area contributed by atoms with Gasteiger partial charge in [0.2, 0.25) is 5.91 Å². The Hall–Kier alpha value is -1.43. The van der Waals surface area contributed by atoms with E-state index in [1.807, 2.05) is 6.92 Å². The van der Waals surface area contributed by atoms with Crippen LogP contribution in [-0.2, 0) is 4.79 Å². The Morgan fingerprint density at radius 1 is 1.39 bits per heavy atom. The monoisotopic (exact) mass is 338 g/mol. The van der Waals surface area contributed by atoms with Crippen LogP contribution in [0.25, 0.3) is 0 Å². The van der Waals surface area contributed by atoms with Gasteiger partial charge in [-0.3, -0.25) is 4.79 Å². The molecule has 128 valence electrons. The molecular weight excluding hydrogens is 312 g/mol.